The predicted molar refractivity (Wildman–Crippen MR) is 71.6 cm³/mol. The Labute approximate surface area is 105 Å². The fourth-order valence-corrected chi connectivity index (χ4v) is 2.10. The largest absolute Gasteiger partial charge is 0.316 e. The van der Waals surface area contributed by atoms with Crippen LogP contribution in [0.1, 0.15) is 5.56 Å². The number of benzene rings is 1. The molecule has 90 valence electrons. The molecule has 4 nitrogen and oxygen atoms in total. The van der Waals surface area contributed by atoms with Crippen LogP contribution in [0.3, 0.4) is 0 Å². The highest BCUT2D eigenvalue weighted by molar-refractivity contribution is 5.77. The molecular formula is C14H14N4. The molecule has 0 spiro atoms. The van der Waals surface area contributed by atoms with E-state index in [1.807, 2.05) is 48.4 Å². The summed E-state index contributed by atoms with van der Waals surface area (Å²) in [5.41, 5.74) is 3.22. The number of aromatic nitrogens is 3. The molecule has 4 heteroatoms. The van der Waals surface area contributed by atoms with Gasteiger partial charge in [-0.25, -0.2) is 9.97 Å². The van der Waals surface area contributed by atoms with Crippen LogP contribution in [0.4, 0.5) is 0 Å². The molecule has 0 fully saturated rings. The number of nitrogens with one attached hydrogen (secondary N) is 1. The maximum atomic E-state index is 4.47. The number of hydrogen-bond donors (Lipinski definition) is 1. The lowest BCUT2D eigenvalue weighted by Crippen LogP contribution is -2.10. The molecule has 0 bridgehead atoms. The molecule has 3 aromatic rings. The van der Waals surface area contributed by atoms with Crippen LogP contribution >= 0.6 is 0 Å². The number of hydrogen-bond acceptors (Lipinski definition) is 3. The zero-order valence-electron chi connectivity index (χ0n) is 10.2. The minimum Gasteiger partial charge on any atom is -0.316 e. The van der Waals surface area contributed by atoms with Crippen molar-refractivity contribution in [1.29, 1.82) is 0 Å². The Bertz CT molecular complexity index is 672. The maximum Gasteiger partial charge on any atom is 0.142 e. The van der Waals surface area contributed by atoms with Gasteiger partial charge in [-0.3, -0.25) is 4.57 Å². The Morgan fingerprint density at radius 1 is 1.11 bits per heavy atom. The molecule has 0 unspecified atom stereocenters. The minimum absolute atomic E-state index is 0.787. The molecule has 3 rings (SSSR count). The van der Waals surface area contributed by atoms with Gasteiger partial charge in [0.1, 0.15) is 12.1 Å². The molecule has 0 saturated heterocycles. The quantitative estimate of drug-likeness (QED) is 0.760. The Balaban J connectivity index is 2.20. The van der Waals surface area contributed by atoms with Gasteiger partial charge in [-0.05, 0) is 25.2 Å². The molecule has 0 atom stereocenters. The molecule has 18 heavy (non-hydrogen) atoms. The number of rotatable bonds is 3. The summed E-state index contributed by atoms with van der Waals surface area (Å²) in [4.78, 5) is 8.87. The van der Waals surface area contributed by atoms with Gasteiger partial charge >= 0.3 is 0 Å². The highest BCUT2D eigenvalue weighted by Crippen LogP contribution is 2.18. The van der Waals surface area contributed by atoms with Gasteiger partial charge in [-0.15, -0.1) is 0 Å². The van der Waals surface area contributed by atoms with E-state index in [4.69, 9.17) is 0 Å². The maximum absolute atomic E-state index is 4.47. The van der Waals surface area contributed by atoms with Crippen molar-refractivity contribution < 1.29 is 0 Å². The topological polar surface area (TPSA) is 42.7 Å². The first kappa shape index (κ1) is 10.9. The van der Waals surface area contributed by atoms with Crippen LogP contribution in [0.15, 0.2) is 48.9 Å². The molecule has 0 saturated carbocycles. The fraction of sp³-hybridized carbons (Fsp3) is 0.143. The molecule has 0 radical (unpaired) electrons. The van der Waals surface area contributed by atoms with Gasteiger partial charge < -0.3 is 5.32 Å². The third-order valence-electron chi connectivity index (χ3n) is 2.92. The molecule has 0 amide bonds. The summed E-state index contributed by atoms with van der Waals surface area (Å²) in [6.45, 7) is 0.787. The summed E-state index contributed by atoms with van der Waals surface area (Å²) in [5.74, 6) is 0.931. The third-order valence-corrected chi connectivity index (χ3v) is 2.92. The van der Waals surface area contributed by atoms with Gasteiger partial charge in [-0.2, -0.15) is 0 Å². The average Bonchev–Trinajstić information content (AvgIpc) is 2.84. The van der Waals surface area contributed by atoms with Crippen LogP contribution in [0.25, 0.3) is 16.9 Å². The van der Waals surface area contributed by atoms with E-state index in [0.717, 1.165) is 29.0 Å². The Morgan fingerprint density at radius 3 is 2.89 bits per heavy atom. The van der Waals surface area contributed by atoms with Gasteiger partial charge in [0.25, 0.3) is 0 Å². The van der Waals surface area contributed by atoms with Crippen molar-refractivity contribution in [3.05, 3.63) is 54.5 Å². The molecule has 1 aromatic carbocycles. The standard InChI is InChI=1S/C14H14N4/c1-15-9-11-5-4-8-16-14(11)18-10-17-12-6-2-3-7-13(12)18/h2-8,10,15H,9H2,1H3. The van der Waals surface area contributed by atoms with E-state index in [-0.39, 0.29) is 0 Å². The second-order valence-corrected chi connectivity index (χ2v) is 4.12. The van der Waals surface area contributed by atoms with Gasteiger partial charge in [0.15, 0.2) is 0 Å². The molecule has 0 aliphatic heterocycles. The van der Waals surface area contributed by atoms with Gasteiger partial charge in [0, 0.05) is 18.3 Å². The zero-order valence-corrected chi connectivity index (χ0v) is 10.2. The van der Waals surface area contributed by atoms with Crippen molar-refractivity contribution in [1.82, 2.24) is 19.9 Å². The summed E-state index contributed by atoms with van der Waals surface area (Å²) in [5, 5.41) is 3.16. The third kappa shape index (κ3) is 1.76. The lowest BCUT2D eigenvalue weighted by molar-refractivity contribution is 0.800. The summed E-state index contributed by atoms with van der Waals surface area (Å²) in [6.07, 6.45) is 3.63. The number of pyridine rings is 1. The van der Waals surface area contributed by atoms with E-state index in [1.165, 1.54) is 0 Å². The highest BCUT2D eigenvalue weighted by atomic mass is 15.1. The molecule has 0 aliphatic rings. The molecule has 1 N–H and O–H groups in total. The number of imidazole rings is 1. The van der Waals surface area contributed by atoms with Crippen LogP contribution in [-0.4, -0.2) is 21.6 Å². The van der Waals surface area contributed by atoms with E-state index in [0.29, 0.717) is 0 Å². The van der Waals surface area contributed by atoms with E-state index < -0.39 is 0 Å². The summed E-state index contributed by atoms with van der Waals surface area (Å²) in [7, 11) is 1.93. The second-order valence-electron chi connectivity index (χ2n) is 4.12. The Kier molecular flexibility index (Phi) is 2.78. The Morgan fingerprint density at radius 2 is 2.00 bits per heavy atom. The normalized spacial score (nSPS) is 10.9. The zero-order chi connectivity index (χ0) is 12.4. The summed E-state index contributed by atoms with van der Waals surface area (Å²) in [6, 6.07) is 12.1. The van der Waals surface area contributed by atoms with E-state index >= 15 is 0 Å². The minimum atomic E-state index is 0.787. The van der Waals surface area contributed by atoms with Crippen molar-refractivity contribution in [2.45, 2.75) is 6.54 Å². The number of fused-ring (bicyclic) bond motifs is 1. The van der Waals surface area contributed by atoms with Crippen LogP contribution in [0.5, 0.6) is 0 Å². The molecule has 2 aromatic heterocycles. The monoisotopic (exact) mass is 238 g/mol. The molecule has 2 heterocycles. The predicted octanol–water partition coefficient (Wildman–Crippen LogP) is 2.14. The lowest BCUT2D eigenvalue weighted by Gasteiger charge is -2.09. The first-order chi connectivity index (χ1) is 8.90. The van der Waals surface area contributed by atoms with Crippen molar-refractivity contribution in [3.8, 4) is 5.82 Å². The van der Waals surface area contributed by atoms with Crippen molar-refractivity contribution in [2.75, 3.05) is 7.05 Å². The highest BCUT2D eigenvalue weighted by Gasteiger charge is 2.08. The first-order valence-corrected chi connectivity index (χ1v) is 5.91. The van der Waals surface area contributed by atoms with Crippen LogP contribution in [0.2, 0.25) is 0 Å². The first-order valence-electron chi connectivity index (χ1n) is 5.91. The second kappa shape index (κ2) is 4.58. The van der Waals surface area contributed by atoms with E-state index in [2.05, 4.69) is 27.4 Å². The molecular weight excluding hydrogens is 224 g/mol. The fourth-order valence-electron chi connectivity index (χ4n) is 2.10. The SMILES string of the molecule is CNCc1cccnc1-n1cnc2ccccc21. The van der Waals surface area contributed by atoms with Crippen molar-refractivity contribution in [3.63, 3.8) is 0 Å². The van der Waals surface area contributed by atoms with Gasteiger partial charge in [-0.1, -0.05) is 18.2 Å². The summed E-state index contributed by atoms with van der Waals surface area (Å²) < 4.78 is 2.03. The summed E-state index contributed by atoms with van der Waals surface area (Å²) >= 11 is 0. The van der Waals surface area contributed by atoms with Crippen molar-refractivity contribution >= 4 is 11.0 Å². The Hall–Kier alpha value is -2.20. The van der Waals surface area contributed by atoms with Crippen molar-refractivity contribution in [2.24, 2.45) is 0 Å². The van der Waals surface area contributed by atoms with E-state index in [1.54, 1.807) is 0 Å². The van der Waals surface area contributed by atoms with E-state index in [9.17, 15) is 0 Å². The average molecular weight is 238 g/mol. The van der Waals surface area contributed by atoms with Crippen LogP contribution in [-0.2, 0) is 6.54 Å². The van der Waals surface area contributed by atoms with Crippen LogP contribution in [0, 0.1) is 0 Å². The van der Waals surface area contributed by atoms with Gasteiger partial charge in [0.2, 0.25) is 0 Å². The lowest BCUT2D eigenvalue weighted by atomic mass is 10.2. The smallest absolute Gasteiger partial charge is 0.142 e. The molecule has 0 aliphatic carbocycles. The van der Waals surface area contributed by atoms with Gasteiger partial charge in [0.05, 0.1) is 11.0 Å². The number of nitrogens with zero attached hydrogens (tertiary/aromatic N) is 3. The number of para-hydroxylation sites is 2. The van der Waals surface area contributed by atoms with Crippen LogP contribution < -0.4 is 5.32 Å².